The van der Waals surface area contributed by atoms with Crippen LogP contribution in [-0.2, 0) is 4.79 Å². The minimum Gasteiger partial charge on any atom is -0.490 e. The van der Waals surface area contributed by atoms with Crippen molar-refractivity contribution < 1.29 is 19.2 Å². The van der Waals surface area contributed by atoms with Crippen LogP contribution in [0, 0.1) is 26.9 Å². The highest BCUT2D eigenvalue weighted by Gasteiger charge is 2.30. The molecule has 25 heavy (non-hydrogen) atoms. The summed E-state index contributed by atoms with van der Waals surface area (Å²) in [5.41, 5.74) is -1.68. The number of nitrogens with zero attached hydrogens (tertiary/aromatic N) is 2. The number of ether oxygens (including phenoxy) is 2. The lowest BCUT2D eigenvalue weighted by Crippen LogP contribution is -2.29. The molecule has 8 nitrogen and oxygen atoms in total. The summed E-state index contributed by atoms with van der Waals surface area (Å²) in [6, 6.07) is 4.46. The summed E-state index contributed by atoms with van der Waals surface area (Å²) in [5.74, 6) is -0.0766. The van der Waals surface area contributed by atoms with Crippen molar-refractivity contribution in [3.8, 4) is 17.6 Å². The highest BCUT2D eigenvalue weighted by Crippen LogP contribution is 2.38. The predicted octanol–water partition coefficient (Wildman–Crippen LogP) is 3.66. The number of nitro groups is 1. The van der Waals surface area contributed by atoms with E-state index in [9.17, 15) is 14.9 Å². The first kappa shape index (κ1) is 20.2. The molecule has 1 N–H and O–H groups in total. The highest BCUT2D eigenvalue weighted by atomic mass is 16.6. The summed E-state index contributed by atoms with van der Waals surface area (Å²) in [4.78, 5) is 22.9. The van der Waals surface area contributed by atoms with Crippen molar-refractivity contribution in [2.45, 2.75) is 40.5 Å². The molecule has 136 valence electrons. The molecule has 0 bridgehead atoms. The van der Waals surface area contributed by atoms with Crippen LogP contribution >= 0.6 is 0 Å². The molecule has 1 rings (SSSR count). The summed E-state index contributed by atoms with van der Waals surface area (Å²) < 4.78 is 11.1. The van der Waals surface area contributed by atoms with E-state index >= 15 is 0 Å². The molecule has 1 aromatic rings. The summed E-state index contributed by atoms with van der Waals surface area (Å²) in [5, 5.41) is 22.9. The fraction of sp³-hybridized carbons (Fsp3) is 0.529. The zero-order valence-electron chi connectivity index (χ0n) is 14.9. The Balaban J connectivity index is 3.32. The fourth-order valence-corrected chi connectivity index (χ4v) is 1.78. The van der Waals surface area contributed by atoms with Gasteiger partial charge in [-0.1, -0.05) is 13.8 Å². The van der Waals surface area contributed by atoms with E-state index in [1.807, 2.05) is 19.9 Å². The Kier molecular flexibility index (Phi) is 7.18. The third-order valence-corrected chi connectivity index (χ3v) is 3.28. The van der Waals surface area contributed by atoms with Crippen molar-refractivity contribution in [3.63, 3.8) is 0 Å². The number of nitriles is 1. The molecule has 0 heterocycles. The minimum absolute atomic E-state index is 0.0340. The Morgan fingerprint density at radius 2 is 1.76 bits per heavy atom. The van der Waals surface area contributed by atoms with Crippen LogP contribution in [0.1, 0.15) is 40.5 Å². The van der Waals surface area contributed by atoms with Crippen LogP contribution < -0.4 is 14.8 Å². The van der Waals surface area contributed by atoms with Gasteiger partial charge in [0.2, 0.25) is 5.91 Å². The van der Waals surface area contributed by atoms with E-state index < -0.39 is 16.2 Å². The highest BCUT2D eigenvalue weighted by molar-refractivity contribution is 5.98. The van der Waals surface area contributed by atoms with Gasteiger partial charge in [0, 0.05) is 6.07 Å². The van der Waals surface area contributed by atoms with E-state index in [1.54, 1.807) is 0 Å². The average molecular weight is 349 g/mol. The molecule has 0 unspecified atom stereocenters. The third kappa shape index (κ3) is 5.35. The number of nitro benzene ring substituents is 1. The van der Waals surface area contributed by atoms with Crippen molar-refractivity contribution in [1.82, 2.24) is 0 Å². The van der Waals surface area contributed by atoms with Crippen LogP contribution in [0.3, 0.4) is 0 Å². The molecule has 0 aliphatic heterocycles. The lowest BCUT2D eigenvalue weighted by atomic mass is 9.94. The largest absolute Gasteiger partial charge is 0.490 e. The van der Waals surface area contributed by atoms with E-state index in [0.717, 1.165) is 12.8 Å². The van der Waals surface area contributed by atoms with E-state index in [2.05, 4.69) is 5.32 Å². The van der Waals surface area contributed by atoms with Crippen LogP contribution in [0.5, 0.6) is 11.5 Å². The molecule has 0 aliphatic rings. The first-order valence-corrected chi connectivity index (χ1v) is 8.07. The lowest BCUT2D eigenvalue weighted by molar-refractivity contribution is -0.384. The third-order valence-electron chi connectivity index (χ3n) is 3.28. The van der Waals surface area contributed by atoms with Gasteiger partial charge in [-0.05, 0) is 26.7 Å². The van der Waals surface area contributed by atoms with Crippen molar-refractivity contribution >= 4 is 17.3 Å². The number of hydrogen-bond donors (Lipinski definition) is 1. The average Bonchev–Trinajstić information content (AvgIpc) is 2.58. The summed E-state index contributed by atoms with van der Waals surface area (Å²) >= 11 is 0. The van der Waals surface area contributed by atoms with Gasteiger partial charge in [0.15, 0.2) is 11.5 Å². The molecule has 0 spiro atoms. The Morgan fingerprint density at radius 1 is 1.24 bits per heavy atom. The second kappa shape index (κ2) is 8.87. The SMILES string of the molecule is CCCOc1cc(NC(=O)C(C)(C)C#N)c([N+](=O)[O-])cc1OCCC. The number of anilines is 1. The monoisotopic (exact) mass is 349 g/mol. The second-order valence-corrected chi connectivity index (χ2v) is 5.96. The molecule has 0 aliphatic carbocycles. The number of carbonyl (C=O) groups is 1. The number of rotatable bonds is 9. The second-order valence-electron chi connectivity index (χ2n) is 5.96. The summed E-state index contributed by atoms with van der Waals surface area (Å²) in [6.07, 6.45) is 1.48. The van der Waals surface area contributed by atoms with Gasteiger partial charge in [-0.3, -0.25) is 14.9 Å². The van der Waals surface area contributed by atoms with Gasteiger partial charge in [0.1, 0.15) is 11.1 Å². The van der Waals surface area contributed by atoms with E-state index in [-0.39, 0.29) is 17.1 Å². The van der Waals surface area contributed by atoms with E-state index in [4.69, 9.17) is 14.7 Å². The number of amides is 1. The number of nitrogens with one attached hydrogen (secondary N) is 1. The molecule has 0 atom stereocenters. The van der Waals surface area contributed by atoms with Gasteiger partial charge in [0.25, 0.3) is 5.69 Å². The van der Waals surface area contributed by atoms with Crippen LogP contribution in [0.25, 0.3) is 0 Å². The number of carbonyl (C=O) groups excluding carboxylic acids is 1. The van der Waals surface area contributed by atoms with Crippen molar-refractivity contribution in [1.29, 1.82) is 5.26 Å². The van der Waals surface area contributed by atoms with Crippen LogP contribution in [0.4, 0.5) is 11.4 Å². The van der Waals surface area contributed by atoms with Gasteiger partial charge in [-0.15, -0.1) is 0 Å². The van der Waals surface area contributed by atoms with Gasteiger partial charge in [0.05, 0.1) is 30.3 Å². The summed E-state index contributed by atoms with van der Waals surface area (Å²) in [7, 11) is 0. The Bertz CT molecular complexity index is 680. The zero-order valence-corrected chi connectivity index (χ0v) is 14.9. The van der Waals surface area contributed by atoms with E-state index in [0.29, 0.717) is 19.0 Å². The van der Waals surface area contributed by atoms with Crippen LogP contribution in [0.15, 0.2) is 12.1 Å². The summed E-state index contributed by atoms with van der Waals surface area (Å²) in [6.45, 7) is 7.49. The minimum atomic E-state index is -1.32. The van der Waals surface area contributed by atoms with Gasteiger partial charge < -0.3 is 14.8 Å². The Labute approximate surface area is 146 Å². The number of hydrogen-bond acceptors (Lipinski definition) is 6. The molecule has 0 aromatic heterocycles. The molecule has 0 saturated carbocycles. The van der Waals surface area contributed by atoms with Crippen molar-refractivity contribution in [3.05, 3.63) is 22.2 Å². The quantitative estimate of drug-likeness (QED) is 0.537. The molecule has 8 heteroatoms. The fourth-order valence-electron chi connectivity index (χ4n) is 1.78. The lowest BCUT2D eigenvalue weighted by Gasteiger charge is -2.17. The molecule has 1 amide bonds. The molecular weight excluding hydrogens is 326 g/mol. The maximum absolute atomic E-state index is 12.2. The zero-order chi connectivity index (χ0) is 19.0. The maximum atomic E-state index is 12.2. The van der Waals surface area contributed by atoms with Gasteiger partial charge >= 0.3 is 0 Å². The van der Waals surface area contributed by atoms with Crippen molar-refractivity contribution in [2.75, 3.05) is 18.5 Å². The standard InChI is InChI=1S/C17H23N3O5/c1-5-7-24-14-9-12(19-16(21)17(3,4)11-18)13(20(22)23)10-15(14)25-8-6-2/h9-10H,5-8H2,1-4H3,(H,19,21). The number of benzene rings is 1. The first-order valence-electron chi connectivity index (χ1n) is 8.07. The Hall–Kier alpha value is -2.82. The van der Waals surface area contributed by atoms with Crippen LogP contribution in [0.2, 0.25) is 0 Å². The topological polar surface area (TPSA) is 114 Å². The molecule has 0 radical (unpaired) electrons. The molecule has 0 fully saturated rings. The van der Waals surface area contributed by atoms with Crippen molar-refractivity contribution in [2.24, 2.45) is 5.41 Å². The first-order chi connectivity index (χ1) is 11.8. The Morgan fingerprint density at radius 3 is 2.20 bits per heavy atom. The molecule has 0 saturated heterocycles. The molecular formula is C17H23N3O5. The normalized spacial score (nSPS) is 10.7. The van der Waals surface area contributed by atoms with Gasteiger partial charge in [-0.2, -0.15) is 5.26 Å². The predicted molar refractivity (Wildman–Crippen MR) is 92.7 cm³/mol. The maximum Gasteiger partial charge on any atom is 0.296 e. The van der Waals surface area contributed by atoms with Gasteiger partial charge in [-0.25, -0.2) is 0 Å². The van der Waals surface area contributed by atoms with E-state index in [1.165, 1.54) is 26.0 Å². The molecule has 1 aromatic carbocycles. The van der Waals surface area contributed by atoms with Crippen LogP contribution in [-0.4, -0.2) is 24.0 Å². The smallest absolute Gasteiger partial charge is 0.296 e.